The Labute approximate surface area is 176 Å². The highest BCUT2D eigenvalue weighted by Gasteiger charge is 2.46. The molecule has 1 aliphatic rings. The first-order valence-corrected chi connectivity index (χ1v) is 9.97. The van der Waals surface area contributed by atoms with Gasteiger partial charge in [-0.25, -0.2) is 0 Å². The van der Waals surface area contributed by atoms with Crippen LogP contribution >= 0.6 is 0 Å². The van der Waals surface area contributed by atoms with Crippen LogP contribution in [-0.2, 0) is 0 Å². The lowest BCUT2D eigenvalue weighted by molar-refractivity contribution is 0.0545. The number of H-pyrrole nitrogens is 1. The highest BCUT2D eigenvalue weighted by atomic mass is 16.5. The normalized spacial score (nSPS) is 16.0. The molecule has 0 spiro atoms. The largest absolute Gasteiger partial charge is 0.493 e. The fraction of sp³-hybridized carbons (Fsp3) is 0.333. The van der Waals surface area contributed by atoms with Crippen molar-refractivity contribution in [2.75, 3.05) is 14.2 Å². The molecule has 1 N–H and O–H groups in total. The van der Waals surface area contributed by atoms with Crippen molar-refractivity contribution in [2.24, 2.45) is 0 Å². The van der Waals surface area contributed by atoms with Crippen LogP contribution in [0.3, 0.4) is 0 Å². The minimum absolute atomic E-state index is 0.0526. The molecule has 6 heteroatoms. The predicted octanol–water partition coefficient (Wildman–Crippen LogP) is 4.75. The summed E-state index contributed by atoms with van der Waals surface area (Å²) >= 11 is 0. The van der Waals surface area contributed by atoms with Gasteiger partial charge >= 0.3 is 0 Å². The Balaban J connectivity index is 1.93. The monoisotopic (exact) mass is 405 g/mol. The summed E-state index contributed by atoms with van der Waals surface area (Å²) < 4.78 is 10.9. The number of amides is 1. The average molecular weight is 405 g/mol. The lowest BCUT2D eigenvalue weighted by Crippen LogP contribution is -2.44. The van der Waals surface area contributed by atoms with E-state index in [9.17, 15) is 4.79 Å². The number of fused-ring (bicyclic) bond motifs is 1. The second-order valence-electron chi connectivity index (χ2n) is 8.59. The van der Waals surface area contributed by atoms with Crippen LogP contribution in [-0.4, -0.2) is 40.8 Å². The van der Waals surface area contributed by atoms with Crippen LogP contribution in [0.5, 0.6) is 11.5 Å². The molecular formula is C24H27N3O3. The first-order chi connectivity index (χ1) is 14.3. The number of rotatable bonds is 4. The van der Waals surface area contributed by atoms with Crippen LogP contribution in [0, 0.1) is 6.92 Å². The number of carbonyl (C=O) groups excluding carboxylic acids is 1. The second kappa shape index (κ2) is 7.20. The summed E-state index contributed by atoms with van der Waals surface area (Å²) in [7, 11) is 3.23. The van der Waals surface area contributed by atoms with Crippen molar-refractivity contribution in [3.63, 3.8) is 0 Å². The Morgan fingerprint density at radius 2 is 1.67 bits per heavy atom. The molecule has 0 saturated carbocycles. The maximum absolute atomic E-state index is 13.4. The second-order valence-corrected chi connectivity index (χ2v) is 8.59. The molecule has 1 atom stereocenters. The highest BCUT2D eigenvalue weighted by molar-refractivity contribution is 6.00. The summed E-state index contributed by atoms with van der Waals surface area (Å²) in [6.45, 7) is 8.19. The number of nitrogens with one attached hydrogen (secondary N) is 1. The van der Waals surface area contributed by atoms with Crippen molar-refractivity contribution in [3.05, 3.63) is 64.8 Å². The van der Waals surface area contributed by atoms with Gasteiger partial charge in [-0.1, -0.05) is 35.9 Å². The van der Waals surface area contributed by atoms with Crippen molar-refractivity contribution < 1.29 is 14.3 Å². The first kappa shape index (κ1) is 20.0. The zero-order chi connectivity index (χ0) is 21.6. The lowest BCUT2D eigenvalue weighted by atomic mass is 9.93. The van der Waals surface area contributed by atoms with Crippen LogP contribution in [0.15, 0.2) is 42.5 Å². The number of aromatic nitrogens is 2. The van der Waals surface area contributed by atoms with Gasteiger partial charge in [0.15, 0.2) is 11.5 Å². The van der Waals surface area contributed by atoms with Gasteiger partial charge < -0.3 is 14.4 Å². The number of aromatic amines is 1. The summed E-state index contributed by atoms with van der Waals surface area (Å²) in [6.07, 6.45) is 0. The number of hydrogen-bond acceptors (Lipinski definition) is 4. The van der Waals surface area contributed by atoms with Gasteiger partial charge in [0.2, 0.25) is 0 Å². The van der Waals surface area contributed by atoms with E-state index in [-0.39, 0.29) is 17.5 Å². The molecule has 6 nitrogen and oxygen atoms in total. The molecule has 1 unspecified atom stereocenters. The smallest absolute Gasteiger partial charge is 0.273 e. The first-order valence-electron chi connectivity index (χ1n) is 9.97. The standard InChI is InChI=1S/C24H27N3O3/c1-14-7-9-15(10-8-14)20-19-21(26-25-20)23(28)27(24(2,3)4)22(19)16-11-12-17(29-5)18(13-16)30-6/h7-13,22H,1-6H3,(H,25,26). The number of hydrogen-bond donors (Lipinski definition) is 1. The van der Waals surface area contributed by atoms with E-state index in [1.165, 1.54) is 5.56 Å². The number of nitrogens with zero attached hydrogens (tertiary/aromatic N) is 2. The molecule has 3 aromatic rings. The Morgan fingerprint density at radius 1 is 1.00 bits per heavy atom. The van der Waals surface area contributed by atoms with E-state index in [4.69, 9.17) is 9.47 Å². The average Bonchev–Trinajstić information content (AvgIpc) is 3.27. The molecule has 156 valence electrons. The zero-order valence-corrected chi connectivity index (χ0v) is 18.2. The van der Waals surface area contributed by atoms with Crippen molar-refractivity contribution in [1.29, 1.82) is 0 Å². The van der Waals surface area contributed by atoms with Crippen molar-refractivity contribution in [2.45, 2.75) is 39.3 Å². The summed E-state index contributed by atoms with van der Waals surface area (Å²) in [5, 5.41) is 7.53. The summed E-state index contributed by atoms with van der Waals surface area (Å²) in [6, 6.07) is 13.7. The number of methoxy groups -OCH3 is 2. The Bertz CT molecular complexity index is 1090. The molecule has 0 saturated heterocycles. The van der Waals surface area contributed by atoms with E-state index in [2.05, 4.69) is 29.3 Å². The number of aryl methyl sites for hydroxylation is 1. The van der Waals surface area contributed by atoms with Gasteiger partial charge in [0, 0.05) is 16.7 Å². The van der Waals surface area contributed by atoms with Gasteiger partial charge in [0.25, 0.3) is 5.91 Å². The number of carbonyl (C=O) groups is 1. The molecule has 1 aromatic heterocycles. The Kier molecular flexibility index (Phi) is 4.80. The fourth-order valence-electron chi connectivity index (χ4n) is 4.11. The van der Waals surface area contributed by atoms with Gasteiger partial charge in [-0.05, 0) is 45.4 Å². The SMILES string of the molecule is COc1ccc(C2c3c(-c4ccc(C)cc4)n[nH]c3C(=O)N2C(C)(C)C)cc1OC. The van der Waals surface area contributed by atoms with Gasteiger partial charge in [0.05, 0.1) is 26.0 Å². The van der Waals surface area contributed by atoms with E-state index < -0.39 is 0 Å². The van der Waals surface area contributed by atoms with E-state index in [1.54, 1.807) is 14.2 Å². The number of ether oxygens (including phenoxy) is 2. The molecule has 1 aliphatic heterocycles. The van der Waals surface area contributed by atoms with E-state index >= 15 is 0 Å². The molecule has 0 fully saturated rings. The lowest BCUT2D eigenvalue weighted by Gasteiger charge is -2.38. The molecule has 0 bridgehead atoms. The molecule has 2 aromatic carbocycles. The quantitative estimate of drug-likeness (QED) is 0.680. The van der Waals surface area contributed by atoms with Gasteiger partial charge in [-0.15, -0.1) is 0 Å². The third-order valence-corrected chi connectivity index (χ3v) is 5.54. The van der Waals surface area contributed by atoms with Crippen LogP contribution < -0.4 is 9.47 Å². The van der Waals surface area contributed by atoms with Crippen LogP contribution in [0.25, 0.3) is 11.3 Å². The fourth-order valence-corrected chi connectivity index (χ4v) is 4.11. The minimum atomic E-state index is -0.390. The summed E-state index contributed by atoms with van der Waals surface area (Å²) in [5.74, 6) is 1.23. The van der Waals surface area contributed by atoms with Crippen molar-refractivity contribution >= 4 is 5.91 Å². The minimum Gasteiger partial charge on any atom is -0.493 e. The maximum Gasteiger partial charge on any atom is 0.273 e. The third-order valence-electron chi connectivity index (χ3n) is 5.54. The van der Waals surface area contributed by atoms with Crippen LogP contribution in [0.1, 0.15) is 54.0 Å². The summed E-state index contributed by atoms with van der Waals surface area (Å²) in [5.41, 5.74) is 4.95. The maximum atomic E-state index is 13.4. The highest BCUT2D eigenvalue weighted by Crippen LogP contribution is 2.47. The molecular weight excluding hydrogens is 378 g/mol. The zero-order valence-electron chi connectivity index (χ0n) is 18.2. The third kappa shape index (κ3) is 3.12. The molecule has 4 rings (SSSR count). The molecule has 0 radical (unpaired) electrons. The van der Waals surface area contributed by atoms with Crippen molar-refractivity contribution in [1.82, 2.24) is 15.1 Å². The van der Waals surface area contributed by atoms with Gasteiger partial charge in [0.1, 0.15) is 5.69 Å². The summed E-state index contributed by atoms with van der Waals surface area (Å²) in [4.78, 5) is 15.3. The molecule has 0 aliphatic carbocycles. The van der Waals surface area contributed by atoms with E-state index in [1.807, 2.05) is 56.0 Å². The van der Waals surface area contributed by atoms with Gasteiger partial charge in [-0.3, -0.25) is 9.89 Å². The molecule has 30 heavy (non-hydrogen) atoms. The number of benzene rings is 2. The molecule has 2 heterocycles. The van der Waals surface area contributed by atoms with E-state index in [0.717, 1.165) is 22.4 Å². The van der Waals surface area contributed by atoms with Crippen molar-refractivity contribution in [3.8, 4) is 22.8 Å². The molecule has 1 amide bonds. The topological polar surface area (TPSA) is 67.5 Å². The van der Waals surface area contributed by atoms with E-state index in [0.29, 0.717) is 17.2 Å². The predicted molar refractivity (Wildman–Crippen MR) is 116 cm³/mol. The van der Waals surface area contributed by atoms with Crippen LogP contribution in [0.2, 0.25) is 0 Å². The van der Waals surface area contributed by atoms with Gasteiger partial charge in [-0.2, -0.15) is 5.10 Å². The Hall–Kier alpha value is -3.28. The Morgan fingerprint density at radius 3 is 2.27 bits per heavy atom. The van der Waals surface area contributed by atoms with Crippen LogP contribution in [0.4, 0.5) is 0 Å².